The van der Waals surface area contributed by atoms with Crippen molar-refractivity contribution in [2.24, 2.45) is 0 Å². The molecule has 0 aliphatic rings. The number of aliphatic hydroxyl groups excluding tert-OH is 1. The van der Waals surface area contributed by atoms with Gasteiger partial charge in [0.25, 0.3) is 0 Å². The lowest BCUT2D eigenvalue weighted by Gasteiger charge is -2.07. The van der Waals surface area contributed by atoms with Crippen molar-refractivity contribution in [3.05, 3.63) is 71.3 Å². The van der Waals surface area contributed by atoms with Crippen LogP contribution in [-0.2, 0) is 24.5 Å². The van der Waals surface area contributed by atoms with Gasteiger partial charge in [0.1, 0.15) is 0 Å². The number of amides is 1. The van der Waals surface area contributed by atoms with Gasteiger partial charge < -0.3 is 15.7 Å². The molecule has 0 heterocycles. The summed E-state index contributed by atoms with van der Waals surface area (Å²) in [4.78, 5) is 11.7. The standard InChI is InChI=1S/C17H20N2O2/c20-13-16-8-6-15(7-9-16)10-18-12-17(21)19-11-14-4-2-1-3-5-14/h1-9,18,20H,10-13H2,(H,19,21). The summed E-state index contributed by atoms with van der Waals surface area (Å²) in [5.74, 6) is -0.0224. The molecule has 3 N–H and O–H groups in total. The third kappa shape index (κ3) is 5.38. The van der Waals surface area contributed by atoms with E-state index < -0.39 is 0 Å². The number of aliphatic hydroxyl groups is 1. The fourth-order valence-electron chi connectivity index (χ4n) is 1.94. The van der Waals surface area contributed by atoms with Crippen LogP contribution in [0, 0.1) is 0 Å². The van der Waals surface area contributed by atoms with Crippen molar-refractivity contribution >= 4 is 5.91 Å². The van der Waals surface area contributed by atoms with Gasteiger partial charge >= 0.3 is 0 Å². The molecule has 1 amide bonds. The lowest BCUT2D eigenvalue weighted by Crippen LogP contribution is -2.33. The van der Waals surface area contributed by atoms with Crippen molar-refractivity contribution in [2.45, 2.75) is 19.7 Å². The van der Waals surface area contributed by atoms with Crippen LogP contribution in [0.15, 0.2) is 54.6 Å². The highest BCUT2D eigenvalue weighted by molar-refractivity contribution is 5.77. The van der Waals surface area contributed by atoms with Gasteiger partial charge in [-0.1, -0.05) is 54.6 Å². The maximum absolute atomic E-state index is 11.7. The van der Waals surface area contributed by atoms with E-state index in [2.05, 4.69) is 10.6 Å². The van der Waals surface area contributed by atoms with Gasteiger partial charge in [-0.15, -0.1) is 0 Å². The Balaban J connectivity index is 1.66. The Bertz CT molecular complexity index is 553. The normalized spacial score (nSPS) is 10.3. The highest BCUT2D eigenvalue weighted by Crippen LogP contribution is 2.03. The molecule has 0 aromatic heterocycles. The molecule has 0 spiro atoms. The van der Waals surface area contributed by atoms with Gasteiger partial charge in [-0.05, 0) is 16.7 Å². The van der Waals surface area contributed by atoms with E-state index in [9.17, 15) is 4.79 Å². The molecule has 0 atom stereocenters. The van der Waals surface area contributed by atoms with Crippen LogP contribution in [0.1, 0.15) is 16.7 Å². The van der Waals surface area contributed by atoms with Gasteiger partial charge in [-0.2, -0.15) is 0 Å². The molecule has 4 heteroatoms. The van der Waals surface area contributed by atoms with E-state index in [1.165, 1.54) is 0 Å². The summed E-state index contributed by atoms with van der Waals surface area (Å²) in [6.07, 6.45) is 0. The maximum Gasteiger partial charge on any atom is 0.234 e. The first-order valence-corrected chi connectivity index (χ1v) is 6.98. The molecule has 0 saturated carbocycles. The SMILES string of the molecule is O=C(CNCc1ccc(CO)cc1)NCc1ccccc1. The van der Waals surface area contributed by atoms with E-state index in [1.54, 1.807) is 0 Å². The van der Waals surface area contributed by atoms with Crippen molar-refractivity contribution in [3.8, 4) is 0 Å². The zero-order chi connectivity index (χ0) is 14.9. The van der Waals surface area contributed by atoms with Gasteiger partial charge in [0.05, 0.1) is 13.2 Å². The monoisotopic (exact) mass is 284 g/mol. The van der Waals surface area contributed by atoms with Crippen LogP contribution in [0.4, 0.5) is 0 Å². The number of benzene rings is 2. The largest absolute Gasteiger partial charge is 0.392 e. The third-order valence-electron chi connectivity index (χ3n) is 3.15. The number of hydrogen-bond acceptors (Lipinski definition) is 3. The van der Waals surface area contributed by atoms with Gasteiger partial charge in [0, 0.05) is 13.1 Å². The van der Waals surface area contributed by atoms with E-state index in [-0.39, 0.29) is 19.1 Å². The molecule has 0 saturated heterocycles. The second-order valence-electron chi connectivity index (χ2n) is 4.84. The molecule has 0 aliphatic carbocycles. The first-order valence-electron chi connectivity index (χ1n) is 6.98. The van der Waals surface area contributed by atoms with Crippen LogP contribution in [0.25, 0.3) is 0 Å². The van der Waals surface area contributed by atoms with Crippen LogP contribution in [0.2, 0.25) is 0 Å². The zero-order valence-electron chi connectivity index (χ0n) is 11.9. The molecule has 2 rings (SSSR count). The Morgan fingerprint density at radius 1 is 0.857 bits per heavy atom. The molecule has 21 heavy (non-hydrogen) atoms. The summed E-state index contributed by atoms with van der Waals surface area (Å²) in [5.41, 5.74) is 3.06. The Kier molecular flexibility index (Phi) is 5.94. The number of rotatable bonds is 7. The summed E-state index contributed by atoms with van der Waals surface area (Å²) in [6.45, 7) is 1.52. The van der Waals surface area contributed by atoms with E-state index in [0.717, 1.165) is 16.7 Å². The van der Waals surface area contributed by atoms with Crippen molar-refractivity contribution < 1.29 is 9.90 Å². The number of nitrogens with one attached hydrogen (secondary N) is 2. The molecular formula is C17H20N2O2. The Labute approximate surface area is 124 Å². The minimum atomic E-state index is -0.0224. The minimum absolute atomic E-state index is 0.0224. The smallest absolute Gasteiger partial charge is 0.234 e. The molecule has 0 unspecified atom stereocenters. The maximum atomic E-state index is 11.7. The topological polar surface area (TPSA) is 61.4 Å². The Morgan fingerprint density at radius 2 is 1.48 bits per heavy atom. The van der Waals surface area contributed by atoms with Crippen LogP contribution in [0.5, 0.6) is 0 Å². The summed E-state index contributed by atoms with van der Waals surface area (Å²) in [7, 11) is 0. The Hall–Kier alpha value is -2.17. The highest BCUT2D eigenvalue weighted by Gasteiger charge is 2.01. The van der Waals surface area contributed by atoms with E-state index in [1.807, 2.05) is 54.6 Å². The molecule has 0 fully saturated rings. The van der Waals surface area contributed by atoms with Crippen LogP contribution in [-0.4, -0.2) is 17.6 Å². The predicted molar refractivity (Wildman–Crippen MR) is 82.4 cm³/mol. The van der Waals surface area contributed by atoms with Gasteiger partial charge in [-0.25, -0.2) is 0 Å². The fourth-order valence-corrected chi connectivity index (χ4v) is 1.94. The molecule has 2 aromatic carbocycles. The first-order chi connectivity index (χ1) is 10.3. The van der Waals surface area contributed by atoms with Crippen molar-refractivity contribution in [1.29, 1.82) is 0 Å². The van der Waals surface area contributed by atoms with Gasteiger partial charge in [-0.3, -0.25) is 4.79 Å². The fraction of sp³-hybridized carbons (Fsp3) is 0.235. The molecule has 110 valence electrons. The zero-order valence-corrected chi connectivity index (χ0v) is 11.9. The average Bonchev–Trinajstić information content (AvgIpc) is 2.54. The van der Waals surface area contributed by atoms with Crippen LogP contribution in [0.3, 0.4) is 0 Å². The average molecular weight is 284 g/mol. The minimum Gasteiger partial charge on any atom is -0.392 e. The first kappa shape index (κ1) is 15.2. The molecule has 0 bridgehead atoms. The highest BCUT2D eigenvalue weighted by atomic mass is 16.3. The number of hydrogen-bond donors (Lipinski definition) is 3. The lowest BCUT2D eigenvalue weighted by molar-refractivity contribution is -0.120. The van der Waals surface area contributed by atoms with E-state index >= 15 is 0 Å². The second-order valence-corrected chi connectivity index (χ2v) is 4.84. The summed E-state index contributed by atoms with van der Waals surface area (Å²) < 4.78 is 0. The van der Waals surface area contributed by atoms with Crippen molar-refractivity contribution in [3.63, 3.8) is 0 Å². The number of carbonyl (C=O) groups excluding carboxylic acids is 1. The number of carbonyl (C=O) groups is 1. The van der Waals surface area contributed by atoms with Crippen LogP contribution < -0.4 is 10.6 Å². The van der Waals surface area contributed by atoms with E-state index in [0.29, 0.717) is 13.1 Å². The second kappa shape index (κ2) is 8.19. The summed E-state index contributed by atoms with van der Waals surface area (Å²) in [6, 6.07) is 17.5. The summed E-state index contributed by atoms with van der Waals surface area (Å²) >= 11 is 0. The summed E-state index contributed by atoms with van der Waals surface area (Å²) in [5, 5.41) is 14.9. The molecule has 2 aromatic rings. The Morgan fingerprint density at radius 3 is 2.14 bits per heavy atom. The predicted octanol–water partition coefficient (Wildman–Crippen LogP) is 1.58. The van der Waals surface area contributed by atoms with Gasteiger partial charge in [0.15, 0.2) is 0 Å². The van der Waals surface area contributed by atoms with Crippen LogP contribution >= 0.6 is 0 Å². The van der Waals surface area contributed by atoms with Crippen molar-refractivity contribution in [2.75, 3.05) is 6.54 Å². The third-order valence-corrected chi connectivity index (χ3v) is 3.15. The molecule has 0 radical (unpaired) electrons. The lowest BCUT2D eigenvalue weighted by atomic mass is 10.1. The molecule has 0 aliphatic heterocycles. The quantitative estimate of drug-likeness (QED) is 0.723. The molecule has 4 nitrogen and oxygen atoms in total. The van der Waals surface area contributed by atoms with Crippen molar-refractivity contribution in [1.82, 2.24) is 10.6 Å². The molecular weight excluding hydrogens is 264 g/mol. The van der Waals surface area contributed by atoms with E-state index in [4.69, 9.17) is 5.11 Å². The van der Waals surface area contributed by atoms with Gasteiger partial charge in [0.2, 0.25) is 5.91 Å².